The molecule has 0 aliphatic carbocycles. The maximum absolute atomic E-state index is 11.2. The number of rotatable bonds is 4. The van der Waals surface area contributed by atoms with Gasteiger partial charge < -0.3 is 9.84 Å². The molecule has 1 N–H and O–H groups in total. The van der Waals surface area contributed by atoms with Gasteiger partial charge in [0.2, 0.25) is 0 Å². The van der Waals surface area contributed by atoms with Crippen LogP contribution >= 0.6 is 24.8 Å². The first-order valence-electron chi connectivity index (χ1n) is 8.68. The molecule has 3 aliphatic heterocycles. The fourth-order valence-electron chi connectivity index (χ4n) is 4.44. The summed E-state index contributed by atoms with van der Waals surface area (Å²) < 4.78 is 5.35. The van der Waals surface area contributed by atoms with Crippen LogP contribution in [0.1, 0.15) is 24.5 Å². The van der Waals surface area contributed by atoms with Gasteiger partial charge in [0.1, 0.15) is 5.75 Å². The number of benzene rings is 1. The van der Waals surface area contributed by atoms with Crippen LogP contribution in [0.2, 0.25) is 0 Å². The van der Waals surface area contributed by atoms with Crippen molar-refractivity contribution >= 4 is 35.7 Å². The standard InChI is InChI=1S/C20H24N2O2.2ClH/c1-3-13-12-22-9-7-14(13)10-19(22)20(23)16-6-8-21-18-5-4-15(24-2)11-17(16)18;;/h3-6,8,11,13-14,19-20,23H,1,7,9-10,12H2,2H3;2*1H/t13-,14?,19-,20+;;/m0../s1. The fourth-order valence-corrected chi connectivity index (χ4v) is 4.44. The van der Waals surface area contributed by atoms with Gasteiger partial charge in [0.15, 0.2) is 0 Å². The first-order chi connectivity index (χ1) is 11.7. The fraction of sp³-hybridized carbons (Fsp3) is 0.450. The van der Waals surface area contributed by atoms with E-state index in [0.717, 1.165) is 41.7 Å². The minimum Gasteiger partial charge on any atom is -0.497 e. The third-order valence-corrected chi connectivity index (χ3v) is 5.82. The van der Waals surface area contributed by atoms with Gasteiger partial charge in [-0.2, -0.15) is 0 Å². The van der Waals surface area contributed by atoms with Crippen molar-refractivity contribution in [3.8, 4) is 5.75 Å². The quantitative estimate of drug-likeness (QED) is 0.792. The van der Waals surface area contributed by atoms with E-state index in [2.05, 4.69) is 22.5 Å². The number of fused-ring (bicyclic) bond motifs is 4. The first kappa shape index (κ1) is 21.0. The van der Waals surface area contributed by atoms with E-state index in [0.29, 0.717) is 11.8 Å². The summed E-state index contributed by atoms with van der Waals surface area (Å²) in [5.41, 5.74) is 1.85. The Morgan fingerprint density at radius 2 is 2.15 bits per heavy atom. The number of hydrogen-bond donors (Lipinski definition) is 1. The van der Waals surface area contributed by atoms with Crippen LogP contribution in [-0.4, -0.2) is 41.2 Å². The summed E-state index contributed by atoms with van der Waals surface area (Å²) in [5, 5.41) is 12.1. The van der Waals surface area contributed by atoms with Crippen molar-refractivity contribution in [3.05, 3.63) is 48.7 Å². The molecule has 2 aromatic rings. The molecule has 3 saturated heterocycles. The number of piperidine rings is 3. The number of halogens is 2. The molecule has 0 radical (unpaired) electrons. The Kier molecular flexibility index (Phi) is 6.92. The molecule has 2 unspecified atom stereocenters. The predicted octanol–water partition coefficient (Wildman–Crippen LogP) is 4.02. The summed E-state index contributed by atoms with van der Waals surface area (Å²) in [6.45, 7) is 6.07. The highest BCUT2D eigenvalue weighted by Gasteiger charge is 2.42. The van der Waals surface area contributed by atoms with Crippen molar-refractivity contribution in [1.82, 2.24) is 9.88 Å². The van der Waals surface area contributed by atoms with Gasteiger partial charge in [-0.3, -0.25) is 9.88 Å². The van der Waals surface area contributed by atoms with E-state index in [9.17, 15) is 5.11 Å². The van der Waals surface area contributed by atoms with Gasteiger partial charge in [-0.1, -0.05) is 6.08 Å². The number of pyridine rings is 1. The average molecular weight is 397 g/mol. The van der Waals surface area contributed by atoms with E-state index in [1.54, 1.807) is 13.3 Å². The van der Waals surface area contributed by atoms with Crippen LogP contribution in [0.5, 0.6) is 5.75 Å². The first-order valence-corrected chi connectivity index (χ1v) is 8.68. The second-order valence-corrected chi connectivity index (χ2v) is 6.97. The maximum Gasteiger partial charge on any atom is 0.119 e. The van der Waals surface area contributed by atoms with Crippen molar-refractivity contribution in [2.75, 3.05) is 20.2 Å². The summed E-state index contributed by atoms with van der Waals surface area (Å²) in [7, 11) is 1.66. The maximum atomic E-state index is 11.2. The Hall–Kier alpha value is -1.33. The van der Waals surface area contributed by atoms with Gasteiger partial charge >= 0.3 is 0 Å². The van der Waals surface area contributed by atoms with Gasteiger partial charge in [0.25, 0.3) is 0 Å². The minimum absolute atomic E-state index is 0. The number of nitrogens with zero attached hydrogens (tertiary/aromatic N) is 2. The Labute approximate surface area is 167 Å². The van der Waals surface area contributed by atoms with Crippen LogP contribution in [0.4, 0.5) is 0 Å². The molecule has 1 aromatic carbocycles. The lowest BCUT2D eigenvalue weighted by molar-refractivity contribution is -0.0444. The Morgan fingerprint density at radius 3 is 2.81 bits per heavy atom. The normalized spacial score (nSPS) is 27.9. The van der Waals surface area contributed by atoms with E-state index >= 15 is 0 Å². The van der Waals surface area contributed by atoms with Crippen molar-refractivity contribution in [2.24, 2.45) is 11.8 Å². The molecule has 0 amide bonds. The van der Waals surface area contributed by atoms with Gasteiger partial charge in [0.05, 0.1) is 18.7 Å². The molecule has 0 saturated carbocycles. The Balaban J connectivity index is 0.00000121. The molecule has 0 spiro atoms. The number of methoxy groups -OCH3 is 1. The van der Waals surface area contributed by atoms with E-state index in [-0.39, 0.29) is 30.9 Å². The lowest BCUT2D eigenvalue weighted by Crippen LogP contribution is -2.54. The number of aromatic nitrogens is 1. The summed E-state index contributed by atoms with van der Waals surface area (Å²) in [6.07, 6.45) is 5.62. The molecule has 26 heavy (non-hydrogen) atoms. The monoisotopic (exact) mass is 396 g/mol. The third-order valence-electron chi connectivity index (χ3n) is 5.82. The smallest absolute Gasteiger partial charge is 0.119 e. The average Bonchev–Trinajstić information content (AvgIpc) is 2.66. The largest absolute Gasteiger partial charge is 0.497 e. The molecule has 3 aliphatic rings. The zero-order chi connectivity index (χ0) is 16.7. The summed E-state index contributed by atoms with van der Waals surface area (Å²) >= 11 is 0. The van der Waals surface area contributed by atoms with Crippen LogP contribution in [0, 0.1) is 11.8 Å². The molecule has 4 nitrogen and oxygen atoms in total. The SMILES string of the molecule is C=C[C@H]1CN2CCC1C[C@H]2[C@H](O)c1ccnc2ccc(OC)cc12.Cl.Cl. The second kappa shape index (κ2) is 8.57. The zero-order valence-corrected chi connectivity index (χ0v) is 16.5. The third kappa shape index (κ3) is 3.56. The highest BCUT2D eigenvalue weighted by Crippen LogP contribution is 2.42. The van der Waals surface area contributed by atoms with E-state index in [1.807, 2.05) is 24.3 Å². The Bertz CT molecular complexity index is 771. The molecule has 2 bridgehead atoms. The van der Waals surface area contributed by atoms with Gasteiger partial charge in [-0.25, -0.2) is 0 Å². The molecule has 6 heteroatoms. The minimum atomic E-state index is -0.504. The highest BCUT2D eigenvalue weighted by atomic mass is 35.5. The molecule has 5 rings (SSSR count). The number of ether oxygens (including phenoxy) is 1. The molecule has 1 aromatic heterocycles. The van der Waals surface area contributed by atoms with Crippen LogP contribution in [0.3, 0.4) is 0 Å². The zero-order valence-electron chi connectivity index (χ0n) is 14.9. The van der Waals surface area contributed by atoms with Crippen molar-refractivity contribution in [2.45, 2.75) is 25.0 Å². The molecule has 3 fully saturated rings. The van der Waals surface area contributed by atoms with E-state index in [1.165, 1.54) is 6.42 Å². The molecule has 5 atom stereocenters. The van der Waals surface area contributed by atoms with Crippen molar-refractivity contribution < 1.29 is 9.84 Å². The summed E-state index contributed by atoms with van der Waals surface area (Å²) in [5.74, 6) is 2.01. The summed E-state index contributed by atoms with van der Waals surface area (Å²) in [6, 6.07) is 7.96. The predicted molar refractivity (Wildman–Crippen MR) is 110 cm³/mol. The van der Waals surface area contributed by atoms with Gasteiger partial charge in [0, 0.05) is 24.2 Å². The molecular formula is C20H26Cl2N2O2. The molecular weight excluding hydrogens is 371 g/mol. The summed E-state index contributed by atoms with van der Waals surface area (Å²) in [4.78, 5) is 6.86. The van der Waals surface area contributed by atoms with Crippen LogP contribution in [0.25, 0.3) is 10.9 Å². The second-order valence-electron chi connectivity index (χ2n) is 6.97. The van der Waals surface area contributed by atoms with Crippen molar-refractivity contribution in [1.29, 1.82) is 0 Å². The van der Waals surface area contributed by atoms with Gasteiger partial charge in [-0.05, 0) is 61.1 Å². The topological polar surface area (TPSA) is 45.6 Å². The number of hydrogen-bond acceptors (Lipinski definition) is 4. The van der Waals surface area contributed by atoms with Crippen LogP contribution in [0.15, 0.2) is 43.1 Å². The Morgan fingerprint density at radius 1 is 1.35 bits per heavy atom. The van der Waals surface area contributed by atoms with Crippen LogP contribution < -0.4 is 4.74 Å². The molecule has 142 valence electrons. The van der Waals surface area contributed by atoms with Gasteiger partial charge in [-0.15, -0.1) is 31.4 Å². The van der Waals surface area contributed by atoms with Crippen molar-refractivity contribution in [3.63, 3.8) is 0 Å². The molecule has 4 heterocycles. The van der Waals surface area contributed by atoms with E-state index in [4.69, 9.17) is 4.74 Å². The lowest BCUT2D eigenvalue weighted by atomic mass is 9.73. The van der Waals surface area contributed by atoms with E-state index < -0.39 is 6.10 Å². The van der Waals surface area contributed by atoms with Crippen LogP contribution in [-0.2, 0) is 0 Å². The number of aliphatic hydroxyl groups excluding tert-OH is 1. The lowest BCUT2D eigenvalue weighted by Gasteiger charge is -2.50. The number of aliphatic hydroxyl groups is 1. The highest BCUT2D eigenvalue weighted by molar-refractivity contribution is 5.85.